The number of hydrogen-bond donors (Lipinski definition) is 6. The second kappa shape index (κ2) is 31.3. The Balaban J connectivity index is 2.51. The van der Waals surface area contributed by atoms with Crippen molar-refractivity contribution in [1.29, 1.82) is 0 Å². The largest absolute Gasteiger partial charge is 0.464 e. The van der Waals surface area contributed by atoms with E-state index < -0.39 is 96.6 Å². The first-order valence-corrected chi connectivity index (χ1v) is 26.6. The summed E-state index contributed by atoms with van der Waals surface area (Å²) in [4.78, 5) is 151. The van der Waals surface area contributed by atoms with Crippen molar-refractivity contribution in [1.82, 2.24) is 21.3 Å². The SMILES string of the molecule is CC(=O)OCC(=O)Nc1c(I)c(C(=O)NCCCNC(=O)c2c(I)c(NC(=O)COC(C)=O)c(I)c(C(=O)NC(COC(C)=O)COC(C)=O)c2I)c(I)c(C(=O)NC(COC(C)=O)COC(C)=O)c1I. The predicted molar refractivity (Wildman–Crippen MR) is 298 cm³/mol. The summed E-state index contributed by atoms with van der Waals surface area (Å²) in [5.74, 6) is -8.79. The lowest BCUT2D eigenvalue weighted by Crippen LogP contribution is -2.43. The van der Waals surface area contributed by atoms with Gasteiger partial charge in [0, 0.05) is 61.8 Å². The van der Waals surface area contributed by atoms with Crippen LogP contribution >= 0.6 is 136 Å². The van der Waals surface area contributed by atoms with Crippen LogP contribution in [-0.4, -0.2) is 136 Å². The standard InChI is InChI=1S/C41H44I6N6O18/c1-16(54)66-10-22(11-67-17(2)55)50-40(64)28-30(42)26(32(44)36(34(28)46)52-24(60)14-70-20(5)58)38(62)48-8-7-9-49-39(63)27-31(43)29(35(47)37(33(27)45)53-25(61)15-71-21(6)59)41(65)51-23(12-68-18(3)56)13-69-19(4)57/h22-23H,7-15H2,1-6H3,(H,48,62)(H,49,63)(H,50,64)(H,51,65)(H,52,60)(H,53,61). The van der Waals surface area contributed by atoms with E-state index in [1.54, 1.807) is 90.4 Å². The highest BCUT2D eigenvalue weighted by Gasteiger charge is 2.32. The summed E-state index contributed by atoms with van der Waals surface area (Å²) in [6.45, 7) is 3.73. The van der Waals surface area contributed by atoms with Gasteiger partial charge >= 0.3 is 35.8 Å². The average Bonchev–Trinajstić information content (AvgIpc) is 3.26. The Labute approximate surface area is 487 Å². The first-order valence-electron chi connectivity index (χ1n) is 20.2. The molecule has 0 aliphatic heterocycles. The van der Waals surface area contributed by atoms with Crippen LogP contribution in [0.4, 0.5) is 11.4 Å². The Morgan fingerprint density at radius 2 is 0.634 bits per heavy atom. The van der Waals surface area contributed by atoms with Gasteiger partial charge in [-0.25, -0.2) is 0 Å². The van der Waals surface area contributed by atoms with E-state index in [0.29, 0.717) is 0 Å². The van der Waals surface area contributed by atoms with E-state index in [2.05, 4.69) is 31.9 Å². The second-order valence-corrected chi connectivity index (χ2v) is 20.7. The van der Waals surface area contributed by atoms with Crippen LogP contribution in [-0.2, 0) is 66.8 Å². The molecule has 0 spiro atoms. The molecule has 0 fully saturated rings. The van der Waals surface area contributed by atoms with Crippen LogP contribution in [0.2, 0.25) is 0 Å². The summed E-state index contributed by atoms with van der Waals surface area (Å²) < 4.78 is 30.7. The van der Waals surface area contributed by atoms with Crippen LogP contribution in [0.25, 0.3) is 0 Å². The fourth-order valence-electron chi connectivity index (χ4n) is 5.35. The zero-order chi connectivity index (χ0) is 53.9. The highest BCUT2D eigenvalue weighted by Crippen LogP contribution is 2.37. The number of nitrogens with one attached hydrogen (secondary N) is 6. The third-order valence-electron chi connectivity index (χ3n) is 8.43. The van der Waals surface area contributed by atoms with Crippen molar-refractivity contribution < 1.29 is 86.0 Å². The lowest BCUT2D eigenvalue weighted by Gasteiger charge is -2.22. The highest BCUT2D eigenvalue weighted by molar-refractivity contribution is 14.1. The molecular formula is C41H44I6N6O18. The third-order valence-corrected chi connectivity index (χ3v) is 14.9. The third kappa shape index (κ3) is 21.1. The molecule has 2 aromatic carbocycles. The molecule has 30 heteroatoms. The van der Waals surface area contributed by atoms with E-state index in [-0.39, 0.29) is 101 Å². The summed E-state index contributed by atoms with van der Waals surface area (Å²) in [6.07, 6.45) is 0.104. The minimum absolute atomic E-state index is 0.0175. The zero-order valence-electron chi connectivity index (χ0n) is 38.1. The molecule has 0 heterocycles. The Hall–Kier alpha value is -3.54. The molecule has 2 rings (SSSR count). The van der Waals surface area contributed by atoms with Gasteiger partial charge in [-0.1, -0.05) is 0 Å². The van der Waals surface area contributed by atoms with Crippen molar-refractivity contribution in [3.63, 3.8) is 0 Å². The van der Waals surface area contributed by atoms with Crippen molar-refractivity contribution in [2.75, 3.05) is 63.4 Å². The lowest BCUT2D eigenvalue weighted by molar-refractivity contribution is -0.146. The Morgan fingerprint density at radius 1 is 0.380 bits per heavy atom. The van der Waals surface area contributed by atoms with Gasteiger partial charge in [-0.05, 0) is 142 Å². The molecule has 0 saturated heterocycles. The van der Waals surface area contributed by atoms with Crippen LogP contribution in [0.3, 0.4) is 0 Å². The quantitative estimate of drug-likeness (QED) is 0.0380. The van der Waals surface area contributed by atoms with Crippen molar-refractivity contribution in [2.45, 2.75) is 60.0 Å². The first kappa shape index (κ1) is 63.6. The average molecular weight is 1670 g/mol. The van der Waals surface area contributed by atoms with E-state index in [4.69, 9.17) is 28.4 Å². The number of rotatable bonds is 24. The number of benzene rings is 2. The van der Waals surface area contributed by atoms with Crippen LogP contribution in [0.1, 0.15) is 89.4 Å². The van der Waals surface area contributed by atoms with E-state index >= 15 is 0 Å². The van der Waals surface area contributed by atoms with Gasteiger partial charge in [-0.3, -0.25) is 57.5 Å². The molecule has 0 aliphatic carbocycles. The Kier molecular flexibility index (Phi) is 28.0. The number of ether oxygens (including phenoxy) is 6. The monoisotopic (exact) mass is 1670 g/mol. The molecule has 0 saturated carbocycles. The lowest BCUT2D eigenvalue weighted by atomic mass is 10.1. The maximum Gasteiger partial charge on any atom is 0.303 e. The number of esters is 6. The van der Waals surface area contributed by atoms with Gasteiger partial charge in [0.1, 0.15) is 26.4 Å². The zero-order valence-corrected chi connectivity index (χ0v) is 51.1. The van der Waals surface area contributed by atoms with Gasteiger partial charge in [-0.15, -0.1) is 0 Å². The topological polar surface area (TPSA) is 332 Å². The van der Waals surface area contributed by atoms with Crippen molar-refractivity contribution >= 4 is 218 Å². The van der Waals surface area contributed by atoms with Crippen LogP contribution in [0, 0.1) is 21.4 Å². The second-order valence-electron chi connectivity index (χ2n) is 14.2. The Bertz CT molecular complexity index is 2270. The number of hydrogen-bond acceptors (Lipinski definition) is 18. The molecule has 24 nitrogen and oxygen atoms in total. The maximum absolute atomic E-state index is 14.0. The van der Waals surface area contributed by atoms with Crippen molar-refractivity contribution in [3.8, 4) is 0 Å². The molecule has 0 unspecified atom stereocenters. The summed E-state index contributed by atoms with van der Waals surface area (Å²) in [5, 5.41) is 15.9. The maximum atomic E-state index is 14.0. The van der Waals surface area contributed by atoms with Crippen LogP contribution < -0.4 is 31.9 Å². The molecule has 6 N–H and O–H groups in total. The molecule has 0 radical (unpaired) electrons. The van der Waals surface area contributed by atoms with Crippen LogP contribution in [0.15, 0.2) is 0 Å². The summed E-state index contributed by atoms with van der Waals surface area (Å²) >= 11 is 10.8. The first-order chi connectivity index (χ1) is 33.2. The molecule has 0 bridgehead atoms. The van der Waals surface area contributed by atoms with E-state index in [9.17, 15) is 57.5 Å². The summed E-state index contributed by atoms with van der Waals surface area (Å²) in [6, 6.07) is -2.07. The highest BCUT2D eigenvalue weighted by atomic mass is 127. The van der Waals surface area contributed by atoms with Gasteiger partial charge < -0.3 is 60.3 Å². The molecule has 2 aromatic rings. The predicted octanol–water partition coefficient (Wildman–Crippen LogP) is 3.32. The van der Waals surface area contributed by atoms with E-state index in [1.807, 2.05) is 45.2 Å². The fourth-order valence-corrected chi connectivity index (χ4v) is 14.2. The number of carbonyl (C=O) groups excluding carboxylic acids is 12. The molecule has 388 valence electrons. The normalized spacial score (nSPS) is 10.6. The number of halogens is 6. The van der Waals surface area contributed by atoms with Gasteiger partial charge in [-0.2, -0.15) is 0 Å². The van der Waals surface area contributed by atoms with E-state index in [1.165, 1.54) is 0 Å². The summed E-state index contributed by atoms with van der Waals surface area (Å²) in [5.41, 5.74) is -0.264. The van der Waals surface area contributed by atoms with Crippen molar-refractivity contribution in [2.24, 2.45) is 0 Å². The molecule has 0 aliphatic rings. The molecular weight excluding hydrogens is 1630 g/mol. The minimum atomic E-state index is -1.03. The van der Waals surface area contributed by atoms with Gasteiger partial charge in [0.05, 0.1) is 60.0 Å². The summed E-state index contributed by atoms with van der Waals surface area (Å²) in [7, 11) is 0. The number of anilines is 2. The van der Waals surface area contributed by atoms with Gasteiger partial charge in [0.15, 0.2) is 13.2 Å². The molecule has 0 aromatic heterocycles. The molecule has 0 atom stereocenters. The Morgan fingerprint density at radius 3 is 0.887 bits per heavy atom. The number of carbonyl (C=O) groups is 12. The molecule has 71 heavy (non-hydrogen) atoms. The van der Waals surface area contributed by atoms with Gasteiger partial charge in [0.2, 0.25) is 0 Å². The van der Waals surface area contributed by atoms with Gasteiger partial charge in [0.25, 0.3) is 35.4 Å². The minimum Gasteiger partial charge on any atom is -0.464 e. The smallest absolute Gasteiger partial charge is 0.303 e. The fraction of sp³-hybridized carbons (Fsp3) is 0.415. The van der Waals surface area contributed by atoms with Crippen molar-refractivity contribution in [3.05, 3.63) is 43.7 Å². The molecule has 6 amide bonds. The number of amides is 6. The van der Waals surface area contributed by atoms with Crippen LogP contribution in [0.5, 0.6) is 0 Å². The van der Waals surface area contributed by atoms with E-state index in [0.717, 1.165) is 41.5 Å².